The van der Waals surface area contributed by atoms with E-state index in [2.05, 4.69) is 46.4 Å². The molecule has 1 aromatic rings. The molecule has 0 aliphatic rings. The highest BCUT2D eigenvalue weighted by molar-refractivity contribution is 9.10. The maximum atomic E-state index is 9.63. The van der Waals surface area contributed by atoms with Gasteiger partial charge in [-0.25, -0.2) is 0 Å². The fourth-order valence-electron chi connectivity index (χ4n) is 1.42. The molecular weight excluding hydrogens is 266 g/mol. The topological polar surface area (TPSA) is 32.3 Å². The SMILES string of the molecule is Cc1cc(CNCC(O)C(C)C)ccc1Br. The standard InChI is InChI=1S/C13H20BrNO/c1-9(2)13(16)8-15-7-11-4-5-12(14)10(3)6-11/h4-6,9,13,15-16H,7-8H2,1-3H3. The zero-order valence-electron chi connectivity index (χ0n) is 10.1. The van der Waals surface area contributed by atoms with Gasteiger partial charge in [0.25, 0.3) is 0 Å². The monoisotopic (exact) mass is 285 g/mol. The molecule has 16 heavy (non-hydrogen) atoms. The summed E-state index contributed by atoms with van der Waals surface area (Å²) in [6, 6.07) is 6.30. The third-order valence-electron chi connectivity index (χ3n) is 2.67. The first kappa shape index (κ1) is 13.7. The van der Waals surface area contributed by atoms with Crippen LogP contribution in [0.3, 0.4) is 0 Å². The average molecular weight is 286 g/mol. The van der Waals surface area contributed by atoms with E-state index in [1.807, 2.05) is 13.8 Å². The fraction of sp³-hybridized carbons (Fsp3) is 0.538. The molecule has 90 valence electrons. The van der Waals surface area contributed by atoms with Crippen LogP contribution in [0, 0.1) is 12.8 Å². The molecule has 1 unspecified atom stereocenters. The van der Waals surface area contributed by atoms with Gasteiger partial charge in [0.2, 0.25) is 0 Å². The second-order valence-electron chi connectivity index (χ2n) is 4.53. The largest absolute Gasteiger partial charge is 0.392 e. The molecule has 0 fully saturated rings. The summed E-state index contributed by atoms with van der Waals surface area (Å²) in [5, 5.41) is 12.9. The molecule has 2 nitrogen and oxygen atoms in total. The van der Waals surface area contributed by atoms with Crippen molar-refractivity contribution in [1.29, 1.82) is 0 Å². The Morgan fingerprint density at radius 1 is 1.38 bits per heavy atom. The Morgan fingerprint density at radius 3 is 2.62 bits per heavy atom. The Balaban J connectivity index is 2.40. The van der Waals surface area contributed by atoms with Crippen molar-refractivity contribution in [3.05, 3.63) is 33.8 Å². The van der Waals surface area contributed by atoms with Crippen LogP contribution in [0.2, 0.25) is 0 Å². The molecule has 0 saturated carbocycles. The summed E-state index contributed by atoms with van der Waals surface area (Å²) in [5.41, 5.74) is 2.49. The van der Waals surface area contributed by atoms with Crippen LogP contribution in [0.15, 0.2) is 22.7 Å². The third-order valence-corrected chi connectivity index (χ3v) is 3.56. The molecule has 2 N–H and O–H groups in total. The second kappa shape index (κ2) is 6.38. The van der Waals surface area contributed by atoms with Crippen LogP contribution in [-0.2, 0) is 6.54 Å². The van der Waals surface area contributed by atoms with Gasteiger partial charge in [-0.2, -0.15) is 0 Å². The summed E-state index contributed by atoms with van der Waals surface area (Å²) in [5.74, 6) is 0.305. The Labute approximate surface area is 106 Å². The lowest BCUT2D eigenvalue weighted by Gasteiger charge is -2.15. The van der Waals surface area contributed by atoms with Crippen LogP contribution in [0.25, 0.3) is 0 Å². The van der Waals surface area contributed by atoms with E-state index in [0.29, 0.717) is 12.5 Å². The van der Waals surface area contributed by atoms with Crippen LogP contribution >= 0.6 is 15.9 Å². The minimum Gasteiger partial charge on any atom is -0.392 e. The summed E-state index contributed by atoms with van der Waals surface area (Å²) < 4.78 is 1.14. The first-order valence-electron chi connectivity index (χ1n) is 5.64. The van der Waals surface area contributed by atoms with Gasteiger partial charge in [0.1, 0.15) is 0 Å². The Hall–Kier alpha value is -0.380. The number of hydrogen-bond acceptors (Lipinski definition) is 2. The average Bonchev–Trinajstić information content (AvgIpc) is 2.23. The number of aryl methyl sites for hydroxylation is 1. The van der Waals surface area contributed by atoms with E-state index in [9.17, 15) is 5.11 Å². The Kier molecular flexibility index (Phi) is 5.46. The van der Waals surface area contributed by atoms with Crippen LogP contribution in [0.5, 0.6) is 0 Å². The molecule has 0 bridgehead atoms. The number of nitrogens with one attached hydrogen (secondary N) is 1. The number of aliphatic hydroxyl groups excluding tert-OH is 1. The van der Waals surface area contributed by atoms with Crippen molar-refractivity contribution in [3.63, 3.8) is 0 Å². The van der Waals surface area contributed by atoms with Crippen LogP contribution in [0.1, 0.15) is 25.0 Å². The number of benzene rings is 1. The first-order valence-corrected chi connectivity index (χ1v) is 6.44. The van der Waals surface area contributed by atoms with E-state index >= 15 is 0 Å². The lowest BCUT2D eigenvalue weighted by atomic mass is 10.1. The van der Waals surface area contributed by atoms with E-state index in [-0.39, 0.29) is 6.10 Å². The van der Waals surface area contributed by atoms with Gasteiger partial charge in [-0.05, 0) is 30.0 Å². The summed E-state index contributed by atoms with van der Waals surface area (Å²) in [4.78, 5) is 0. The highest BCUT2D eigenvalue weighted by atomic mass is 79.9. The normalized spacial score (nSPS) is 13.1. The predicted molar refractivity (Wildman–Crippen MR) is 71.4 cm³/mol. The third kappa shape index (κ3) is 4.24. The van der Waals surface area contributed by atoms with Gasteiger partial charge in [-0.1, -0.05) is 41.9 Å². The number of hydrogen-bond donors (Lipinski definition) is 2. The van der Waals surface area contributed by atoms with Crippen LogP contribution in [0.4, 0.5) is 0 Å². The van der Waals surface area contributed by atoms with Crippen molar-refractivity contribution in [1.82, 2.24) is 5.32 Å². The van der Waals surface area contributed by atoms with E-state index in [4.69, 9.17) is 0 Å². The number of rotatable bonds is 5. The zero-order valence-corrected chi connectivity index (χ0v) is 11.7. The zero-order chi connectivity index (χ0) is 12.1. The quantitative estimate of drug-likeness (QED) is 0.872. The summed E-state index contributed by atoms with van der Waals surface area (Å²) in [7, 11) is 0. The molecular formula is C13H20BrNO. The molecule has 0 heterocycles. The molecule has 0 aromatic heterocycles. The lowest BCUT2D eigenvalue weighted by Crippen LogP contribution is -2.30. The molecule has 1 aromatic carbocycles. The molecule has 0 amide bonds. The van der Waals surface area contributed by atoms with Crippen LogP contribution < -0.4 is 5.32 Å². The van der Waals surface area contributed by atoms with Crippen LogP contribution in [-0.4, -0.2) is 17.8 Å². The van der Waals surface area contributed by atoms with Gasteiger partial charge in [0.15, 0.2) is 0 Å². The minimum absolute atomic E-state index is 0.267. The molecule has 0 aliphatic heterocycles. The molecule has 1 atom stereocenters. The highest BCUT2D eigenvalue weighted by Crippen LogP contribution is 2.16. The van der Waals surface area contributed by atoms with Gasteiger partial charge >= 0.3 is 0 Å². The van der Waals surface area contributed by atoms with Crippen molar-refractivity contribution >= 4 is 15.9 Å². The van der Waals surface area contributed by atoms with Gasteiger partial charge in [-0.3, -0.25) is 0 Å². The maximum absolute atomic E-state index is 9.63. The Morgan fingerprint density at radius 2 is 2.06 bits per heavy atom. The predicted octanol–water partition coefficient (Wildman–Crippen LogP) is 2.86. The summed E-state index contributed by atoms with van der Waals surface area (Å²) in [6.45, 7) is 7.58. The molecule has 0 spiro atoms. The summed E-state index contributed by atoms with van der Waals surface area (Å²) >= 11 is 3.48. The smallest absolute Gasteiger partial charge is 0.0687 e. The van der Waals surface area contributed by atoms with E-state index in [0.717, 1.165) is 11.0 Å². The van der Waals surface area contributed by atoms with Crippen molar-refractivity contribution in [3.8, 4) is 0 Å². The van der Waals surface area contributed by atoms with E-state index in [1.54, 1.807) is 0 Å². The minimum atomic E-state index is -0.267. The molecule has 1 rings (SSSR count). The van der Waals surface area contributed by atoms with E-state index < -0.39 is 0 Å². The van der Waals surface area contributed by atoms with E-state index in [1.165, 1.54) is 11.1 Å². The van der Waals surface area contributed by atoms with Gasteiger partial charge in [-0.15, -0.1) is 0 Å². The van der Waals surface area contributed by atoms with Gasteiger partial charge in [0.05, 0.1) is 6.10 Å². The van der Waals surface area contributed by atoms with Crippen molar-refractivity contribution in [2.24, 2.45) is 5.92 Å². The number of aliphatic hydroxyl groups is 1. The molecule has 0 aliphatic carbocycles. The lowest BCUT2D eigenvalue weighted by molar-refractivity contribution is 0.123. The molecule has 0 radical (unpaired) electrons. The van der Waals surface area contributed by atoms with Crippen molar-refractivity contribution in [2.75, 3.05) is 6.54 Å². The summed E-state index contributed by atoms with van der Waals surface area (Å²) in [6.07, 6.45) is -0.267. The molecule has 3 heteroatoms. The first-order chi connectivity index (χ1) is 7.50. The highest BCUT2D eigenvalue weighted by Gasteiger charge is 2.07. The second-order valence-corrected chi connectivity index (χ2v) is 5.38. The fourth-order valence-corrected chi connectivity index (χ4v) is 1.66. The van der Waals surface area contributed by atoms with Crippen molar-refractivity contribution in [2.45, 2.75) is 33.4 Å². The Bertz CT molecular complexity index is 339. The van der Waals surface area contributed by atoms with Gasteiger partial charge in [0, 0.05) is 17.6 Å². The molecule has 0 saturated heterocycles. The van der Waals surface area contributed by atoms with Gasteiger partial charge < -0.3 is 10.4 Å². The number of halogens is 1. The van der Waals surface area contributed by atoms with Crippen molar-refractivity contribution < 1.29 is 5.11 Å². The maximum Gasteiger partial charge on any atom is 0.0687 e.